The molecule has 1 heterocycles. The Morgan fingerprint density at radius 1 is 1.15 bits per heavy atom. The summed E-state index contributed by atoms with van der Waals surface area (Å²) in [6, 6.07) is 11.7. The van der Waals surface area contributed by atoms with Crippen molar-refractivity contribution in [1.82, 2.24) is 16.0 Å². The average molecular weight is 586 g/mol. The minimum Gasteiger partial charge on any atom is -0.493 e. The van der Waals surface area contributed by atoms with E-state index in [-0.39, 0.29) is 30.3 Å². The zero-order valence-electron chi connectivity index (χ0n) is 24.2. The van der Waals surface area contributed by atoms with Crippen LogP contribution in [0.4, 0.5) is 4.39 Å². The highest BCUT2D eigenvalue weighted by molar-refractivity contribution is 7.98. The van der Waals surface area contributed by atoms with Gasteiger partial charge in [0, 0.05) is 24.6 Å². The Bertz CT molecular complexity index is 1180. The number of aliphatic hydroxyl groups excluding tert-OH is 1. The summed E-state index contributed by atoms with van der Waals surface area (Å²) in [6.07, 6.45) is 7.13. The van der Waals surface area contributed by atoms with E-state index in [1.165, 1.54) is 23.3 Å². The van der Waals surface area contributed by atoms with Crippen molar-refractivity contribution in [3.8, 4) is 5.75 Å². The van der Waals surface area contributed by atoms with Crippen LogP contribution in [-0.4, -0.2) is 60.3 Å². The number of carbonyl (C=O) groups excluding carboxylic acids is 2. The fraction of sp³-hybridized carbons (Fsp3) is 0.562. The van der Waals surface area contributed by atoms with Gasteiger partial charge in [0.05, 0.1) is 18.8 Å². The molecule has 1 saturated carbocycles. The standard InChI is InChI=1S/C32H44FN3O4S/c1-3-22-8-7-9-24(16-22)32(12-13-32)34-21-29(37)28-19-23-17-25(33)20-26(18-23)40-14-6-4-5-10-30(38)35-27(11-15-41-2)31(39)36-28/h7-9,16-18,20,27-29,34,37H,3-6,10-15,19,21H2,1-2H3,(H,35,38)(H,36,39)/t27?,28?,29-/m1/s1. The molecular weight excluding hydrogens is 541 g/mol. The first-order valence-electron chi connectivity index (χ1n) is 14.9. The predicted octanol–water partition coefficient (Wildman–Crippen LogP) is 4.25. The number of hydrogen-bond donors (Lipinski definition) is 4. The first kappa shape index (κ1) is 31.3. The van der Waals surface area contributed by atoms with Gasteiger partial charge in [0.2, 0.25) is 11.8 Å². The van der Waals surface area contributed by atoms with E-state index in [0.717, 1.165) is 32.1 Å². The Hall–Kier alpha value is -2.62. The maximum Gasteiger partial charge on any atom is 0.242 e. The maximum atomic E-state index is 14.6. The predicted molar refractivity (Wildman–Crippen MR) is 162 cm³/mol. The Labute approximate surface area is 247 Å². The van der Waals surface area contributed by atoms with Crippen molar-refractivity contribution in [3.05, 3.63) is 65.0 Å². The van der Waals surface area contributed by atoms with E-state index in [9.17, 15) is 19.1 Å². The van der Waals surface area contributed by atoms with E-state index in [1.807, 2.05) is 6.26 Å². The minimum atomic E-state index is -0.950. The molecule has 4 N–H and O–H groups in total. The van der Waals surface area contributed by atoms with E-state index >= 15 is 0 Å². The number of aryl methyl sites for hydroxylation is 1. The summed E-state index contributed by atoms with van der Waals surface area (Å²) in [5.41, 5.74) is 2.91. The fourth-order valence-electron chi connectivity index (χ4n) is 5.39. The van der Waals surface area contributed by atoms with Gasteiger partial charge in [0.15, 0.2) is 0 Å². The summed E-state index contributed by atoms with van der Waals surface area (Å²) in [6.45, 7) is 2.81. The van der Waals surface area contributed by atoms with Gasteiger partial charge in [-0.1, -0.05) is 31.2 Å². The van der Waals surface area contributed by atoms with Crippen LogP contribution in [0.25, 0.3) is 0 Å². The molecular formula is C32H44FN3O4S. The number of aliphatic hydroxyl groups is 1. The molecule has 2 aromatic rings. The molecule has 2 unspecified atom stereocenters. The number of benzene rings is 2. The van der Waals surface area contributed by atoms with Crippen LogP contribution in [0.15, 0.2) is 42.5 Å². The fourth-order valence-corrected chi connectivity index (χ4v) is 5.86. The summed E-state index contributed by atoms with van der Waals surface area (Å²) < 4.78 is 20.4. The monoisotopic (exact) mass is 585 g/mol. The van der Waals surface area contributed by atoms with Gasteiger partial charge >= 0.3 is 0 Å². The first-order chi connectivity index (χ1) is 19.8. The Morgan fingerprint density at radius 2 is 1.98 bits per heavy atom. The second-order valence-corrected chi connectivity index (χ2v) is 12.2. The Kier molecular flexibility index (Phi) is 11.5. The van der Waals surface area contributed by atoms with Crippen LogP contribution in [0.1, 0.15) is 68.6 Å². The molecule has 0 radical (unpaired) electrons. The highest BCUT2D eigenvalue weighted by Gasteiger charge is 2.44. The second kappa shape index (κ2) is 15.0. The Balaban J connectivity index is 1.55. The molecule has 0 aromatic heterocycles. The normalized spacial score (nSPS) is 22.2. The number of ether oxygens (including phenoxy) is 1. The van der Waals surface area contributed by atoms with Gasteiger partial charge in [0.1, 0.15) is 17.6 Å². The third-order valence-electron chi connectivity index (χ3n) is 8.05. The lowest BCUT2D eigenvalue weighted by atomic mass is 9.98. The molecule has 2 amide bonds. The van der Waals surface area contributed by atoms with Crippen molar-refractivity contribution in [1.29, 1.82) is 0 Å². The number of fused-ring (bicyclic) bond motifs is 2. The van der Waals surface area contributed by atoms with Gasteiger partial charge in [-0.15, -0.1) is 0 Å². The lowest BCUT2D eigenvalue weighted by Crippen LogP contribution is -2.55. The summed E-state index contributed by atoms with van der Waals surface area (Å²) in [5.74, 6) is 0.211. The van der Waals surface area contributed by atoms with E-state index in [1.54, 1.807) is 17.8 Å². The SMILES string of the molecule is CCc1cccc(C2(NC[C@@H](O)C3Cc4cc(F)cc(c4)OCCCCCC(=O)NC(CCSC)C(=O)N3)CC2)c1. The summed E-state index contributed by atoms with van der Waals surface area (Å²) in [4.78, 5) is 26.2. The Morgan fingerprint density at radius 3 is 2.73 bits per heavy atom. The van der Waals surface area contributed by atoms with Crippen LogP contribution >= 0.6 is 11.8 Å². The lowest BCUT2D eigenvalue weighted by Gasteiger charge is -2.29. The number of amides is 2. The molecule has 0 spiro atoms. The number of hydrogen-bond acceptors (Lipinski definition) is 6. The molecule has 0 saturated heterocycles. The minimum absolute atomic E-state index is 0.157. The van der Waals surface area contributed by atoms with Crippen LogP contribution in [-0.2, 0) is 28.0 Å². The van der Waals surface area contributed by atoms with Crippen LogP contribution < -0.4 is 20.7 Å². The number of thioether (sulfide) groups is 1. The van der Waals surface area contributed by atoms with E-state index in [2.05, 4.69) is 47.1 Å². The summed E-state index contributed by atoms with van der Waals surface area (Å²) in [5, 5.41) is 20.9. The molecule has 2 aliphatic rings. The van der Waals surface area contributed by atoms with Gasteiger partial charge in [-0.05, 0) is 92.2 Å². The number of carbonyl (C=O) groups is 2. The first-order valence-corrected chi connectivity index (χ1v) is 16.2. The van der Waals surface area contributed by atoms with Crippen LogP contribution in [0.3, 0.4) is 0 Å². The van der Waals surface area contributed by atoms with Crippen molar-refractivity contribution in [2.45, 2.75) is 88.4 Å². The second-order valence-electron chi connectivity index (χ2n) is 11.3. The van der Waals surface area contributed by atoms with Crippen molar-refractivity contribution in [3.63, 3.8) is 0 Å². The van der Waals surface area contributed by atoms with Crippen LogP contribution in [0.5, 0.6) is 5.75 Å². The number of rotatable bonds is 9. The quantitative estimate of drug-likeness (QED) is 0.351. The van der Waals surface area contributed by atoms with Gasteiger partial charge in [-0.3, -0.25) is 9.59 Å². The molecule has 41 heavy (non-hydrogen) atoms. The topological polar surface area (TPSA) is 99.7 Å². The van der Waals surface area contributed by atoms with Crippen molar-refractivity contribution in [2.24, 2.45) is 0 Å². The largest absolute Gasteiger partial charge is 0.493 e. The molecule has 1 fully saturated rings. The highest BCUT2D eigenvalue weighted by atomic mass is 32.2. The average Bonchev–Trinajstić information content (AvgIpc) is 3.76. The zero-order chi connectivity index (χ0) is 29.2. The molecule has 7 nitrogen and oxygen atoms in total. The van der Waals surface area contributed by atoms with Gasteiger partial charge in [-0.2, -0.15) is 11.8 Å². The molecule has 1 aliphatic carbocycles. The number of nitrogens with one attached hydrogen (secondary N) is 3. The maximum absolute atomic E-state index is 14.6. The highest BCUT2D eigenvalue weighted by Crippen LogP contribution is 2.45. The molecule has 2 aromatic carbocycles. The molecule has 4 rings (SSSR count). The lowest BCUT2D eigenvalue weighted by molar-refractivity contribution is -0.130. The van der Waals surface area contributed by atoms with Crippen molar-refractivity contribution >= 4 is 23.6 Å². The van der Waals surface area contributed by atoms with E-state index in [0.29, 0.717) is 42.9 Å². The summed E-state index contributed by atoms with van der Waals surface area (Å²) >= 11 is 1.61. The van der Waals surface area contributed by atoms with E-state index < -0.39 is 24.0 Å². The van der Waals surface area contributed by atoms with Gasteiger partial charge in [0.25, 0.3) is 0 Å². The van der Waals surface area contributed by atoms with Gasteiger partial charge in [-0.25, -0.2) is 4.39 Å². The smallest absolute Gasteiger partial charge is 0.242 e. The third-order valence-corrected chi connectivity index (χ3v) is 8.69. The number of halogens is 1. The zero-order valence-corrected chi connectivity index (χ0v) is 25.0. The van der Waals surface area contributed by atoms with Crippen LogP contribution in [0.2, 0.25) is 0 Å². The third kappa shape index (κ3) is 9.18. The molecule has 3 atom stereocenters. The molecule has 2 bridgehead atoms. The van der Waals surface area contributed by atoms with Crippen LogP contribution in [0, 0.1) is 5.82 Å². The molecule has 9 heteroatoms. The molecule has 224 valence electrons. The summed E-state index contributed by atoms with van der Waals surface area (Å²) in [7, 11) is 0. The van der Waals surface area contributed by atoms with Gasteiger partial charge < -0.3 is 25.8 Å². The van der Waals surface area contributed by atoms with E-state index in [4.69, 9.17) is 4.74 Å². The van der Waals surface area contributed by atoms with Crippen molar-refractivity contribution < 1.29 is 23.8 Å². The van der Waals surface area contributed by atoms with Crippen molar-refractivity contribution in [2.75, 3.05) is 25.2 Å². The molecule has 1 aliphatic heterocycles.